The molecule has 2 nitrogen and oxygen atoms in total. The Morgan fingerprint density at radius 2 is 2.07 bits per heavy atom. The molecular weight excluding hydrogens is 186 g/mol. The molecular formula is C10H14F2N2. The Balaban J connectivity index is 2.77. The van der Waals surface area contributed by atoms with Crippen LogP contribution >= 0.6 is 0 Å². The summed E-state index contributed by atoms with van der Waals surface area (Å²) in [5.41, 5.74) is 0.292. The molecule has 0 fully saturated rings. The smallest absolute Gasteiger partial charge is 0.146 e. The van der Waals surface area contributed by atoms with Crippen molar-refractivity contribution >= 4 is 5.69 Å². The monoisotopic (exact) mass is 200 g/mol. The molecule has 1 aromatic rings. The van der Waals surface area contributed by atoms with Gasteiger partial charge in [0.05, 0.1) is 5.69 Å². The number of benzene rings is 1. The van der Waals surface area contributed by atoms with Crippen LogP contribution in [-0.4, -0.2) is 27.2 Å². The average Bonchev–Trinajstić information content (AvgIpc) is 2.18. The molecule has 0 saturated carbocycles. The van der Waals surface area contributed by atoms with E-state index in [1.54, 1.807) is 11.9 Å². The van der Waals surface area contributed by atoms with Crippen molar-refractivity contribution in [2.45, 2.75) is 0 Å². The zero-order valence-corrected chi connectivity index (χ0v) is 8.35. The van der Waals surface area contributed by atoms with E-state index in [9.17, 15) is 8.78 Å². The Morgan fingerprint density at radius 1 is 1.36 bits per heavy atom. The van der Waals surface area contributed by atoms with Crippen LogP contribution in [0.3, 0.4) is 0 Å². The average molecular weight is 200 g/mol. The number of likely N-dealkylation sites (N-methyl/N-ethyl adjacent to an activating group) is 2. The normalized spacial score (nSPS) is 10.3. The summed E-state index contributed by atoms with van der Waals surface area (Å²) in [4.78, 5) is 1.68. The molecule has 1 N–H and O–H groups in total. The lowest BCUT2D eigenvalue weighted by molar-refractivity contribution is 0.595. The first-order valence-corrected chi connectivity index (χ1v) is 4.46. The van der Waals surface area contributed by atoms with Crippen molar-refractivity contribution < 1.29 is 8.78 Å². The summed E-state index contributed by atoms with van der Waals surface area (Å²) in [5.74, 6) is -0.817. The van der Waals surface area contributed by atoms with Gasteiger partial charge < -0.3 is 10.2 Å². The van der Waals surface area contributed by atoms with Gasteiger partial charge >= 0.3 is 0 Å². The molecule has 1 aromatic carbocycles. The number of halogens is 2. The number of anilines is 1. The minimum Gasteiger partial charge on any atom is -0.371 e. The third-order valence-corrected chi connectivity index (χ3v) is 2.02. The van der Waals surface area contributed by atoms with Gasteiger partial charge in [-0.25, -0.2) is 8.78 Å². The van der Waals surface area contributed by atoms with Crippen molar-refractivity contribution in [2.75, 3.05) is 32.1 Å². The van der Waals surface area contributed by atoms with Gasteiger partial charge in [-0.05, 0) is 19.2 Å². The predicted octanol–water partition coefficient (Wildman–Crippen LogP) is 1.62. The van der Waals surface area contributed by atoms with Gasteiger partial charge in [-0.1, -0.05) is 0 Å². The summed E-state index contributed by atoms with van der Waals surface area (Å²) in [5, 5.41) is 2.94. The van der Waals surface area contributed by atoms with E-state index in [1.165, 1.54) is 6.07 Å². The van der Waals surface area contributed by atoms with Crippen molar-refractivity contribution in [3.05, 3.63) is 29.8 Å². The fourth-order valence-electron chi connectivity index (χ4n) is 1.18. The van der Waals surface area contributed by atoms with Crippen LogP contribution in [0.4, 0.5) is 14.5 Å². The second kappa shape index (κ2) is 4.91. The zero-order chi connectivity index (χ0) is 10.6. The Hall–Kier alpha value is -1.16. The van der Waals surface area contributed by atoms with E-state index in [0.717, 1.165) is 18.7 Å². The lowest BCUT2D eigenvalue weighted by Gasteiger charge is -2.19. The van der Waals surface area contributed by atoms with Crippen molar-refractivity contribution in [1.29, 1.82) is 0 Å². The molecule has 0 aromatic heterocycles. The first kappa shape index (κ1) is 10.9. The van der Waals surface area contributed by atoms with Crippen LogP contribution < -0.4 is 10.2 Å². The highest BCUT2D eigenvalue weighted by Gasteiger charge is 2.07. The fourth-order valence-corrected chi connectivity index (χ4v) is 1.18. The molecule has 0 saturated heterocycles. The molecule has 0 aliphatic carbocycles. The minimum atomic E-state index is -0.419. The lowest BCUT2D eigenvalue weighted by Crippen LogP contribution is -2.27. The maximum absolute atomic E-state index is 13.2. The van der Waals surface area contributed by atoms with Crippen LogP contribution in [0.15, 0.2) is 18.2 Å². The van der Waals surface area contributed by atoms with Gasteiger partial charge in [-0.2, -0.15) is 0 Å². The first-order valence-electron chi connectivity index (χ1n) is 4.46. The standard InChI is InChI=1S/C10H14F2N2/c1-13-5-6-14(2)10-7-8(11)3-4-9(10)12/h3-4,7,13H,5-6H2,1-2H3. The molecule has 0 heterocycles. The molecule has 14 heavy (non-hydrogen) atoms. The van der Waals surface area contributed by atoms with Crippen molar-refractivity contribution in [1.82, 2.24) is 5.32 Å². The highest BCUT2D eigenvalue weighted by atomic mass is 19.1. The molecule has 78 valence electrons. The minimum absolute atomic E-state index is 0.292. The zero-order valence-electron chi connectivity index (χ0n) is 8.35. The van der Waals surface area contributed by atoms with E-state index in [4.69, 9.17) is 0 Å². The van der Waals surface area contributed by atoms with Crippen molar-refractivity contribution in [3.8, 4) is 0 Å². The summed E-state index contributed by atoms with van der Waals surface area (Å²) >= 11 is 0. The van der Waals surface area contributed by atoms with Gasteiger partial charge in [0.2, 0.25) is 0 Å². The van der Waals surface area contributed by atoms with Gasteiger partial charge in [0.15, 0.2) is 0 Å². The molecule has 0 bridgehead atoms. The highest BCUT2D eigenvalue weighted by molar-refractivity contribution is 5.47. The molecule has 0 amide bonds. The van der Waals surface area contributed by atoms with E-state index in [2.05, 4.69) is 5.32 Å². The van der Waals surface area contributed by atoms with Crippen LogP contribution in [0.1, 0.15) is 0 Å². The first-order chi connectivity index (χ1) is 6.65. The van der Waals surface area contributed by atoms with Crippen molar-refractivity contribution in [3.63, 3.8) is 0 Å². The third kappa shape index (κ3) is 2.67. The molecule has 4 heteroatoms. The highest BCUT2D eigenvalue weighted by Crippen LogP contribution is 2.18. The van der Waals surface area contributed by atoms with Gasteiger partial charge in [0.25, 0.3) is 0 Å². The van der Waals surface area contributed by atoms with Crippen LogP contribution in [0.5, 0.6) is 0 Å². The maximum atomic E-state index is 13.2. The van der Waals surface area contributed by atoms with Crippen molar-refractivity contribution in [2.24, 2.45) is 0 Å². The Kier molecular flexibility index (Phi) is 3.83. The quantitative estimate of drug-likeness (QED) is 0.794. The van der Waals surface area contributed by atoms with Gasteiger partial charge in [-0.3, -0.25) is 0 Å². The molecule has 0 aliphatic heterocycles. The Morgan fingerprint density at radius 3 is 2.71 bits per heavy atom. The molecule has 0 spiro atoms. The second-order valence-electron chi connectivity index (χ2n) is 3.12. The van der Waals surface area contributed by atoms with E-state index < -0.39 is 11.6 Å². The summed E-state index contributed by atoms with van der Waals surface area (Å²) in [7, 11) is 3.55. The van der Waals surface area contributed by atoms with Crippen LogP contribution in [0, 0.1) is 11.6 Å². The fraction of sp³-hybridized carbons (Fsp3) is 0.400. The number of nitrogens with one attached hydrogen (secondary N) is 1. The summed E-state index contributed by atoms with van der Waals surface area (Å²) < 4.78 is 26.0. The Labute approximate surface area is 82.5 Å². The van der Waals surface area contributed by atoms with E-state index >= 15 is 0 Å². The SMILES string of the molecule is CNCCN(C)c1cc(F)ccc1F. The van der Waals surface area contributed by atoms with Crippen LogP contribution in [0.25, 0.3) is 0 Å². The predicted molar refractivity (Wildman–Crippen MR) is 53.6 cm³/mol. The molecule has 1 rings (SSSR count). The van der Waals surface area contributed by atoms with E-state index in [0.29, 0.717) is 12.2 Å². The van der Waals surface area contributed by atoms with E-state index in [1.807, 2.05) is 7.05 Å². The van der Waals surface area contributed by atoms with Crippen LogP contribution in [-0.2, 0) is 0 Å². The number of hydrogen-bond donors (Lipinski definition) is 1. The Bertz CT molecular complexity index is 302. The number of nitrogens with zero attached hydrogens (tertiary/aromatic N) is 1. The largest absolute Gasteiger partial charge is 0.371 e. The van der Waals surface area contributed by atoms with Gasteiger partial charge in [0.1, 0.15) is 11.6 Å². The third-order valence-electron chi connectivity index (χ3n) is 2.02. The van der Waals surface area contributed by atoms with Gasteiger partial charge in [0, 0.05) is 26.2 Å². The number of rotatable bonds is 4. The lowest BCUT2D eigenvalue weighted by atomic mass is 10.2. The second-order valence-corrected chi connectivity index (χ2v) is 3.12. The molecule has 0 aliphatic rings. The molecule has 0 atom stereocenters. The molecule has 0 radical (unpaired) electrons. The summed E-state index contributed by atoms with van der Waals surface area (Å²) in [6.45, 7) is 1.36. The maximum Gasteiger partial charge on any atom is 0.146 e. The molecule has 0 unspecified atom stereocenters. The summed E-state index contributed by atoms with van der Waals surface area (Å²) in [6.07, 6.45) is 0. The topological polar surface area (TPSA) is 15.3 Å². The van der Waals surface area contributed by atoms with Crippen LogP contribution in [0.2, 0.25) is 0 Å². The summed E-state index contributed by atoms with van der Waals surface area (Å²) in [6, 6.07) is 3.45. The van der Waals surface area contributed by atoms with E-state index in [-0.39, 0.29) is 0 Å². The van der Waals surface area contributed by atoms with Gasteiger partial charge in [-0.15, -0.1) is 0 Å². The number of hydrogen-bond acceptors (Lipinski definition) is 2.